The molecule has 0 unspecified atom stereocenters. The van der Waals surface area contributed by atoms with Crippen molar-refractivity contribution >= 4 is 39.1 Å². The standard InChI is InChI=1S/C15H13BrClFN2O/c1-8-13(18)5-10(15(19)21)6-14(8)20-7-9-2-3-12(17)11(16)4-9/h2-6,20H,7H2,1H3,(H2,19,21). The number of benzene rings is 2. The Balaban J connectivity index is 2.23. The summed E-state index contributed by atoms with van der Waals surface area (Å²) in [5.74, 6) is -1.13. The summed E-state index contributed by atoms with van der Waals surface area (Å²) in [6.07, 6.45) is 0. The van der Waals surface area contributed by atoms with E-state index in [1.165, 1.54) is 0 Å². The molecule has 110 valence electrons. The molecule has 2 aromatic carbocycles. The van der Waals surface area contributed by atoms with Crippen LogP contribution in [0.25, 0.3) is 0 Å². The molecule has 21 heavy (non-hydrogen) atoms. The highest BCUT2D eigenvalue weighted by atomic mass is 79.9. The molecule has 0 aliphatic heterocycles. The number of carbonyl (C=O) groups excluding carboxylic acids is 1. The largest absolute Gasteiger partial charge is 0.381 e. The summed E-state index contributed by atoms with van der Waals surface area (Å²) in [6, 6.07) is 8.20. The Morgan fingerprint density at radius 3 is 2.71 bits per heavy atom. The molecule has 3 N–H and O–H groups in total. The number of primary amides is 1. The predicted octanol–water partition coefficient (Wildman–Crippen LogP) is 4.26. The van der Waals surface area contributed by atoms with E-state index >= 15 is 0 Å². The van der Waals surface area contributed by atoms with Crippen LogP contribution < -0.4 is 11.1 Å². The van der Waals surface area contributed by atoms with E-state index in [-0.39, 0.29) is 5.56 Å². The molecule has 0 atom stereocenters. The first-order chi connectivity index (χ1) is 9.88. The molecule has 1 amide bonds. The molecule has 6 heteroatoms. The Morgan fingerprint density at radius 1 is 1.38 bits per heavy atom. The number of carbonyl (C=O) groups is 1. The first-order valence-corrected chi connectivity index (χ1v) is 7.33. The van der Waals surface area contributed by atoms with Crippen molar-refractivity contribution in [3.63, 3.8) is 0 Å². The van der Waals surface area contributed by atoms with E-state index in [0.29, 0.717) is 22.8 Å². The van der Waals surface area contributed by atoms with Crippen LogP contribution in [-0.2, 0) is 6.54 Å². The van der Waals surface area contributed by atoms with Crippen LogP contribution in [0, 0.1) is 12.7 Å². The van der Waals surface area contributed by atoms with E-state index in [0.717, 1.165) is 16.1 Å². The summed E-state index contributed by atoms with van der Waals surface area (Å²) in [4.78, 5) is 11.2. The van der Waals surface area contributed by atoms with Gasteiger partial charge in [-0.1, -0.05) is 17.7 Å². The fourth-order valence-electron chi connectivity index (χ4n) is 1.85. The minimum Gasteiger partial charge on any atom is -0.381 e. The summed E-state index contributed by atoms with van der Waals surface area (Å²) >= 11 is 9.28. The summed E-state index contributed by atoms with van der Waals surface area (Å²) in [5.41, 5.74) is 7.27. The van der Waals surface area contributed by atoms with Gasteiger partial charge in [-0.15, -0.1) is 0 Å². The van der Waals surface area contributed by atoms with Gasteiger partial charge in [-0.3, -0.25) is 4.79 Å². The number of rotatable bonds is 4. The van der Waals surface area contributed by atoms with Gasteiger partial charge in [-0.2, -0.15) is 0 Å². The minimum absolute atomic E-state index is 0.137. The number of nitrogens with one attached hydrogen (secondary N) is 1. The summed E-state index contributed by atoms with van der Waals surface area (Å²) in [6.45, 7) is 2.11. The maximum absolute atomic E-state index is 13.8. The second-order valence-corrected chi connectivity index (χ2v) is 5.86. The van der Waals surface area contributed by atoms with Gasteiger partial charge in [-0.25, -0.2) is 4.39 Å². The molecular formula is C15H13BrClFN2O. The average molecular weight is 372 g/mol. The molecule has 0 bridgehead atoms. The fraction of sp³-hybridized carbons (Fsp3) is 0.133. The molecule has 0 radical (unpaired) electrons. The van der Waals surface area contributed by atoms with Gasteiger partial charge in [0.05, 0.1) is 5.02 Å². The topological polar surface area (TPSA) is 55.1 Å². The van der Waals surface area contributed by atoms with E-state index in [9.17, 15) is 9.18 Å². The Labute approximate surface area is 135 Å². The van der Waals surface area contributed by atoms with Crippen molar-refractivity contribution < 1.29 is 9.18 Å². The van der Waals surface area contributed by atoms with Crippen LogP contribution in [0.15, 0.2) is 34.8 Å². The summed E-state index contributed by atoms with van der Waals surface area (Å²) in [5, 5.41) is 3.72. The lowest BCUT2D eigenvalue weighted by Gasteiger charge is -2.12. The zero-order valence-electron chi connectivity index (χ0n) is 11.2. The van der Waals surface area contributed by atoms with Crippen molar-refractivity contribution in [2.75, 3.05) is 5.32 Å². The molecule has 0 saturated carbocycles. The molecule has 0 heterocycles. The van der Waals surface area contributed by atoms with E-state index in [2.05, 4.69) is 21.2 Å². The fourth-order valence-corrected chi connectivity index (χ4v) is 2.40. The average Bonchev–Trinajstić information content (AvgIpc) is 2.43. The molecule has 0 saturated heterocycles. The van der Waals surface area contributed by atoms with Crippen LogP contribution in [0.5, 0.6) is 0 Å². The van der Waals surface area contributed by atoms with Gasteiger partial charge in [0, 0.05) is 27.8 Å². The van der Waals surface area contributed by atoms with Crippen molar-refractivity contribution in [2.24, 2.45) is 5.73 Å². The van der Waals surface area contributed by atoms with Gasteiger partial charge in [0.25, 0.3) is 0 Å². The van der Waals surface area contributed by atoms with Gasteiger partial charge in [0.2, 0.25) is 5.91 Å². The lowest BCUT2D eigenvalue weighted by atomic mass is 10.1. The van der Waals surface area contributed by atoms with Crippen LogP contribution in [0.2, 0.25) is 5.02 Å². The normalized spacial score (nSPS) is 10.5. The van der Waals surface area contributed by atoms with Gasteiger partial charge >= 0.3 is 0 Å². The zero-order valence-corrected chi connectivity index (χ0v) is 13.6. The minimum atomic E-state index is -0.661. The lowest BCUT2D eigenvalue weighted by Crippen LogP contribution is -2.13. The van der Waals surface area contributed by atoms with Gasteiger partial charge in [0.15, 0.2) is 0 Å². The predicted molar refractivity (Wildman–Crippen MR) is 86.1 cm³/mol. The smallest absolute Gasteiger partial charge is 0.248 e. The number of hydrogen-bond donors (Lipinski definition) is 2. The highest BCUT2D eigenvalue weighted by molar-refractivity contribution is 9.10. The van der Waals surface area contributed by atoms with Gasteiger partial charge in [-0.05, 0) is 52.7 Å². The number of hydrogen-bond acceptors (Lipinski definition) is 2. The maximum Gasteiger partial charge on any atom is 0.248 e. The van der Waals surface area contributed by atoms with Crippen molar-refractivity contribution in [1.82, 2.24) is 0 Å². The Kier molecular flexibility index (Phi) is 4.85. The number of nitrogens with two attached hydrogens (primary N) is 1. The number of halogens is 3. The lowest BCUT2D eigenvalue weighted by molar-refractivity contribution is 0.1000. The van der Waals surface area contributed by atoms with Gasteiger partial charge in [0.1, 0.15) is 5.82 Å². The third-order valence-electron chi connectivity index (χ3n) is 3.10. The van der Waals surface area contributed by atoms with Crippen molar-refractivity contribution in [3.05, 3.63) is 62.3 Å². The molecule has 2 aromatic rings. The van der Waals surface area contributed by atoms with Crippen LogP contribution in [0.4, 0.5) is 10.1 Å². The molecule has 3 nitrogen and oxygen atoms in total. The van der Waals surface area contributed by atoms with Crippen molar-refractivity contribution in [1.29, 1.82) is 0 Å². The SMILES string of the molecule is Cc1c(F)cc(C(N)=O)cc1NCc1ccc(Cl)c(Br)c1. The van der Waals surface area contributed by atoms with Crippen LogP contribution in [0.1, 0.15) is 21.5 Å². The van der Waals surface area contributed by atoms with Gasteiger partial charge < -0.3 is 11.1 Å². The molecule has 0 aromatic heterocycles. The van der Waals surface area contributed by atoms with E-state index in [1.807, 2.05) is 12.1 Å². The number of amides is 1. The summed E-state index contributed by atoms with van der Waals surface area (Å²) in [7, 11) is 0. The Morgan fingerprint density at radius 2 is 2.10 bits per heavy atom. The molecule has 0 aliphatic rings. The van der Waals surface area contributed by atoms with Crippen LogP contribution >= 0.6 is 27.5 Å². The van der Waals surface area contributed by atoms with E-state index < -0.39 is 11.7 Å². The molecule has 2 rings (SSSR count). The highest BCUT2D eigenvalue weighted by Crippen LogP contribution is 2.25. The number of anilines is 1. The van der Waals surface area contributed by atoms with Crippen molar-refractivity contribution in [3.8, 4) is 0 Å². The van der Waals surface area contributed by atoms with E-state index in [4.69, 9.17) is 17.3 Å². The van der Waals surface area contributed by atoms with Crippen LogP contribution in [0.3, 0.4) is 0 Å². The molecule has 0 aliphatic carbocycles. The molecule has 0 spiro atoms. The Hall–Kier alpha value is -1.59. The first kappa shape index (κ1) is 15.8. The second-order valence-electron chi connectivity index (χ2n) is 4.60. The quantitative estimate of drug-likeness (QED) is 0.843. The maximum atomic E-state index is 13.8. The first-order valence-electron chi connectivity index (χ1n) is 6.16. The third-order valence-corrected chi connectivity index (χ3v) is 4.31. The summed E-state index contributed by atoms with van der Waals surface area (Å²) < 4.78 is 14.6. The van der Waals surface area contributed by atoms with Crippen molar-refractivity contribution in [2.45, 2.75) is 13.5 Å². The second kappa shape index (κ2) is 6.45. The third kappa shape index (κ3) is 3.74. The highest BCUT2D eigenvalue weighted by Gasteiger charge is 2.10. The zero-order chi connectivity index (χ0) is 15.6. The van der Waals surface area contributed by atoms with Crippen LogP contribution in [-0.4, -0.2) is 5.91 Å². The van der Waals surface area contributed by atoms with E-state index in [1.54, 1.807) is 19.1 Å². The molecular weight excluding hydrogens is 359 g/mol. The monoisotopic (exact) mass is 370 g/mol. The Bertz CT molecular complexity index is 706. The molecule has 0 fully saturated rings.